The van der Waals surface area contributed by atoms with E-state index in [1.807, 2.05) is 0 Å². The molecule has 1 unspecified atom stereocenters. The molecule has 0 saturated carbocycles. The Balaban J connectivity index is 1.92. The fourth-order valence-corrected chi connectivity index (χ4v) is 2.65. The number of benzene rings is 1. The lowest BCUT2D eigenvalue weighted by Crippen LogP contribution is -2.47. The normalized spacial score (nSPS) is 16.4. The molecule has 1 amide bonds. The molecular weight excluding hydrogens is 403 g/mol. The van der Waals surface area contributed by atoms with Crippen molar-refractivity contribution in [2.45, 2.75) is 31.9 Å². The minimum atomic E-state index is -4.44. The molecule has 2 heterocycles. The van der Waals surface area contributed by atoms with Crippen molar-refractivity contribution in [3.63, 3.8) is 0 Å². The van der Waals surface area contributed by atoms with Gasteiger partial charge in [0, 0.05) is 17.1 Å². The van der Waals surface area contributed by atoms with Crippen LogP contribution in [0, 0.1) is 0 Å². The van der Waals surface area contributed by atoms with Crippen LogP contribution >= 0.6 is 11.6 Å². The van der Waals surface area contributed by atoms with E-state index in [1.54, 1.807) is 24.3 Å². The van der Waals surface area contributed by atoms with Gasteiger partial charge in [0.15, 0.2) is 12.0 Å². The smallest absolute Gasteiger partial charge is 0.366 e. The molecule has 1 aliphatic rings. The highest BCUT2D eigenvalue weighted by Crippen LogP contribution is 2.23. The number of amides is 1. The number of amidine groups is 1. The van der Waals surface area contributed by atoms with Crippen molar-refractivity contribution in [1.82, 2.24) is 25.1 Å². The van der Waals surface area contributed by atoms with Crippen LogP contribution in [0.15, 0.2) is 34.2 Å². The zero-order valence-corrected chi connectivity index (χ0v) is 15.0. The zero-order valence-electron chi connectivity index (χ0n) is 14.2. The lowest BCUT2D eigenvalue weighted by atomic mass is 10.2. The lowest BCUT2D eigenvalue weighted by Gasteiger charge is -2.08. The summed E-state index contributed by atoms with van der Waals surface area (Å²) in [6.07, 6.45) is -6.56. The van der Waals surface area contributed by atoms with Gasteiger partial charge in [0.1, 0.15) is 12.4 Å². The molecule has 4 N–H and O–H groups in total. The summed E-state index contributed by atoms with van der Waals surface area (Å²) in [6.45, 7) is -0.780. The maximum absolute atomic E-state index is 12.7. The Kier molecular flexibility index (Phi) is 5.31. The summed E-state index contributed by atoms with van der Waals surface area (Å²) in [6, 6.07) is 6.18. The highest BCUT2D eigenvalue weighted by Gasteiger charge is 2.29. The Bertz CT molecular complexity index is 965. The van der Waals surface area contributed by atoms with Crippen LogP contribution in [-0.2, 0) is 17.9 Å². The third kappa shape index (κ3) is 4.44. The van der Waals surface area contributed by atoms with Gasteiger partial charge in [0.25, 0.3) is 5.91 Å². The number of alkyl halides is 3. The fraction of sp³-hybridized carbons (Fsp3) is 0.333. The number of carbonyl (C=O) groups is 1. The number of carbonyl (C=O) groups excluding carboxylic acids is 1. The lowest BCUT2D eigenvalue weighted by molar-refractivity contribution is -0.136. The zero-order chi connectivity index (χ0) is 20.5. The van der Waals surface area contributed by atoms with Crippen LogP contribution in [0.3, 0.4) is 0 Å². The van der Waals surface area contributed by atoms with Gasteiger partial charge in [0.05, 0.1) is 6.42 Å². The molecule has 1 aromatic carbocycles. The van der Waals surface area contributed by atoms with Crippen molar-refractivity contribution < 1.29 is 18.0 Å². The highest BCUT2D eigenvalue weighted by atomic mass is 35.5. The molecule has 2 aromatic rings. The molecule has 0 spiro atoms. The van der Waals surface area contributed by atoms with Crippen LogP contribution in [0.1, 0.15) is 6.42 Å². The van der Waals surface area contributed by atoms with Gasteiger partial charge in [0.2, 0.25) is 0 Å². The molecule has 13 heteroatoms. The quantitative estimate of drug-likeness (QED) is 0.637. The van der Waals surface area contributed by atoms with Crippen molar-refractivity contribution in [2.75, 3.05) is 0 Å². The molecule has 0 saturated heterocycles. The van der Waals surface area contributed by atoms with Crippen LogP contribution in [-0.4, -0.2) is 38.4 Å². The number of hydrazone groups is 1. The summed E-state index contributed by atoms with van der Waals surface area (Å²) in [5, 5.41) is 11.1. The number of nitrogens with zero attached hydrogens (tertiary/aromatic N) is 4. The Morgan fingerprint density at radius 3 is 2.54 bits per heavy atom. The van der Waals surface area contributed by atoms with E-state index in [0.29, 0.717) is 10.6 Å². The molecule has 28 heavy (non-hydrogen) atoms. The van der Waals surface area contributed by atoms with Gasteiger partial charge in [-0.3, -0.25) is 14.8 Å². The van der Waals surface area contributed by atoms with Gasteiger partial charge in [-0.2, -0.15) is 18.3 Å². The molecule has 9 nitrogen and oxygen atoms in total. The van der Waals surface area contributed by atoms with Crippen LogP contribution in [0.5, 0.6) is 0 Å². The second-order valence-corrected chi connectivity index (χ2v) is 6.39. The fourth-order valence-electron chi connectivity index (χ4n) is 2.53. The van der Waals surface area contributed by atoms with E-state index in [9.17, 15) is 22.8 Å². The van der Waals surface area contributed by atoms with Gasteiger partial charge in [-0.25, -0.2) is 9.48 Å². The van der Waals surface area contributed by atoms with E-state index in [0.717, 1.165) is 9.25 Å². The maximum atomic E-state index is 12.7. The standard InChI is InChI=1S/C15H15ClF3N7O2/c16-9-3-1-8(2-4-9)13-24-26(7-10-21-12(11(20)27)23-22-10)14(28)25(13)6-5-15(17,18)19/h1-4,12,23H,5-7H2,(H2,20,27)(H,21,22). The van der Waals surface area contributed by atoms with Crippen molar-refractivity contribution in [3.8, 4) is 11.4 Å². The first-order valence-electron chi connectivity index (χ1n) is 8.02. The van der Waals surface area contributed by atoms with Gasteiger partial charge in [-0.05, 0) is 24.3 Å². The molecule has 0 bridgehead atoms. The molecule has 1 aromatic heterocycles. The van der Waals surface area contributed by atoms with E-state index < -0.39 is 36.9 Å². The van der Waals surface area contributed by atoms with Gasteiger partial charge in [-0.1, -0.05) is 11.6 Å². The van der Waals surface area contributed by atoms with E-state index in [4.69, 9.17) is 17.3 Å². The van der Waals surface area contributed by atoms with Crippen molar-refractivity contribution in [1.29, 1.82) is 0 Å². The molecular formula is C15H15ClF3N7O2. The predicted octanol–water partition coefficient (Wildman–Crippen LogP) is 0.635. The van der Waals surface area contributed by atoms with Crippen LogP contribution < -0.4 is 22.2 Å². The Labute approximate surface area is 161 Å². The maximum Gasteiger partial charge on any atom is 0.390 e. The summed E-state index contributed by atoms with van der Waals surface area (Å²) >= 11 is 5.84. The van der Waals surface area contributed by atoms with Crippen LogP contribution in [0.2, 0.25) is 5.02 Å². The first-order chi connectivity index (χ1) is 13.1. The number of primary amides is 1. The average Bonchev–Trinajstić information content (AvgIpc) is 3.19. The number of halogens is 4. The molecule has 150 valence electrons. The Morgan fingerprint density at radius 2 is 1.96 bits per heavy atom. The minimum absolute atomic E-state index is 0.0592. The summed E-state index contributed by atoms with van der Waals surface area (Å²) in [5.41, 5.74) is 7.26. The number of hydrogen-bond donors (Lipinski definition) is 3. The second-order valence-electron chi connectivity index (χ2n) is 5.95. The number of aromatic nitrogens is 3. The first kappa shape index (κ1) is 19.7. The van der Waals surface area contributed by atoms with E-state index >= 15 is 0 Å². The number of nitrogens with one attached hydrogen (secondary N) is 2. The second kappa shape index (κ2) is 7.54. The number of rotatable bonds is 6. The summed E-state index contributed by atoms with van der Waals surface area (Å²) in [7, 11) is 0. The Morgan fingerprint density at radius 1 is 1.29 bits per heavy atom. The van der Waals surface area contributed by atoms with Crippen LogP contribution in [0.4, 0.5) is 13.2 Å². The first-order valence-corrected chi connectivity index (χ1v) is 8.40. The van der Waals surface area contributed by atoms with Crippen molar-refractivity contribution >= 4 is 23.3 Å². The molecule has 0 aliphatic carbocycles. The highest BCUT2D eigenvalue weighted by molar-refractivity contribution is 6.30. The molecule has 0 radical (unpaired) electrons. The monoisotopic (exact) mass is 417 g/mol. The predicted molar refractivity (Wildman–Crippen MR) is 94.3 cm³/mol. The van der Waals surface area contributed by atoms with Crippen molar-refractivity contribution in [2.24, 2.45) is 10.8 Å². The SMILES string of the molecule is NC(=O)C1NN=C(Cn2nc(-c3ccc(Cl)cc3)n(CCC(F)(F)F)c2=O)N1. The topological polar surface area (TPSA) is 119 Å². The third-order valence-corrected chi connectivity index (χ3v) is 4.12. The summed E-state index contributed by atoms with van der Waals surface area (Å²) < 4.78 is 39.9. The largest absolute Gasteiger partial charge is 0.390 e. The minimum Gasteiger partial charge on any atom is -0.366 e. The van der Waals surface area contributed by atoms with E-state index in [1.165, 1.54) is 0 Å². The van der Waals surface area contributed by atoms with E-state index in [2.05, 4.69) is 20.9 Å². The number of nitrogens with two attached hydrogens (primary N) is 1. The third-order valence-electron chi connectivity index (χ3n) is 3.87. The Hall–Kier alpha value is -3.02. The molecule has 0 fully saturated rings. The van der Waals surface area contributed by atoms with Crippen molar-refractivity contribution in [3.05, 3.63) is 39.8 Å². The molecule has 1 atom stereocenters. The number of hydrogen-bond acceptors (Lipinski definition) is 6. The molecule has 1 aliphatic heterocycles. The average molecular weight is 418 g/mol. The molecule has 3 rings (SSSR count). The van der Waals surface area contributed by atoms with E-state index in [-0.39, 0.29) is 18.2 Å². The summed E-state index contributed by atoms with van der Waals surface area (Å²) in [4.78, 5) is 23.8. The van der Waals surface area contributed by atoms with Gasteiger partial charge >= 0.3 is 11.9 Å². The van der Waals surface area contributed by atoms with Gasteiger partial charge in [-0.15, -0.1) is 5.10 Å². The van der Waals surface area contributed by atoms with Gasteiger partial charge < -0.3 is 11.1 Å². The summed E-state index contributed by atoms with van der Waals surface area (Å²) in [5.74, 6) is -0.457. The van der Waals surface area contributed by atoms with Crippen LogP contribution in [0.25, 0.3) is 11.4 Å².